The zero-order valence-corrected chi connectivity index (χ0v) is 11.3. The molecule has 1 unspecified atom stereocenters. The predicted molar refractivity (Wildman–Crippen MR) is 77.2 cm³/mol. The quantitative estimate of drug-likeness (QED) is 0.929. The van der Waals surface area contributed by atoms with Crippen molar-refractivity contribution >= 4 is 16.9 Å². The van der Waals surface area contributed by atoms with Crippen molar-refractivity contribution in [2.45, 2.75) is 19.0 Å². The van der Waals surface area contributed by atoms with Gasteiger partial charge in [0.05, 0.1) is 6.54 Å². The molecule has 1 aliphatic heterocycles. The van der Waals surface area contributed by atoms with Crippen LogP contribution in [0.5, 0.6) is 0 Å². The molecule has 1 fully saturated rings. The Labute approximate surface area is 116 Å². The number of nitrogens with zero attached hydrogens (tertiary/aromatic N) is 2. The van der Waals surface area contributed by atoms with Crippen LogP contribution < -0.4 is 5.32 Å². The number of rotatable bonds is 4. The summed E-state index contributed by atoms with van der Waals surface area (Å²) in [6, 6.07) is 12.8. The van der Waals surface area contributed by atoms with Crippen molar-refractivity contribution in [1.82, 2.24) is 10.5 Å². The van der Waals surface area contributed by atoms with Gasteiger partial charge >= 0.3 is 0 Å². The summed E-state index contributed by atoms with van der Waals surface area (Å²) in [6.07, 6.45) is 2.61. The van der Waals surface area contributed by atoms with Crippen molar-refractivity contribution < 1.29 is 4.52 Å². The summed E-state index contributed by atoms with van der Waals surface area (Å²) < 4.78 is 4.78. The van der Waals surface area contributed by atoms with Crippen LogP contribution >= 0.6 is 11.8 Å². The first-order valence-electron chi connectivity index (χ1n) is 6.27. The van der Waals surface area contributed by atoms with Crippen LogP contribution in [0.2, 0.25) is 0 Å². The van der Waals surface area contributed by atoms with Crippen LogP contribution in [0.25, 0.3) is 0 Å². The van der Waals surface area contributed by atoms with Gasteiger partial charge in [0.2, 0.25) is 0 Å². The van der Waals surface area contributed by atoms with Crippen molar-refractivity contribution in [2.24, 2.45) is 4.99 Å². The lowest BCUT2D eigenvalue weighted by Gasteiger charge is -2.09. The Balaban J connectivity index is 1.54. The van der Waals surface area contributed by atoms with E-state index >= 15 is 0 Å². The van der Waals surface area contributed by atoms with Gasteiger partial charge in [-0.25, -0.2) is 0 Å². The summed E-state index contributed by atoms with van der Waals surface area (Å²) in [5.74, 6) is 1.06. The van der Waals surface area contributed by atoms with Gasteiger partial charge in [0.25, 0.3) is 0 Å². The van der Waals surface area contributed by atoms with Crippen LogP contribution in [-0.2, 0) is 13.0 Å². The summed E-state index contributed by atoms with van der Waals surface area (Å²) >= 11 is 1.77. The molecule has 0 radical (unpaired) electrons. The molecule has 0 spiro atoms. The molecule has 19 heavy (non-hydrogen) atoms. The van der Waals surface area contributed by atoms with Crippen LogP contribution in [0, 0.1) is 0 Å². The molecule has 1 aliphatic rings. The molecule has 3 rings (SSSR count). The highest BCUT2D eigenvalue weighted by Crippen LogP contribution is 2.17. The van der Waals surface area contributed by atoms with Crippen molar-refractivity contribution in [2.75, 3.05) is 5.75 Å². The first-order valence-corrected chi connectivity index (χ1v) is 7.26. The average molecular weight is 273 g/mol. The molecular formula is C14H15N3OS. The third kappa shape index (κ3) is 3.38. The summed E-state index contributed by atoms with van der Waals surface area (Å²) in [5, 5.41) is 8.30. The van der Waals surface area contributed by atoms with Gasteiger partial charge in [-0.3, -0.25) is 4.99 Å². The molecule has 98 valence electrons. The maximum Gasteiger partial charge on any atom is 0.157 e. The van der Waals surface area contributed by atoms with Crippen molar-refractivity contribution in [1.29, 1.82) is 0 Å². The van der Waals surface area contributed by atoms with E-state index in [1.165, 1.54) is 5.56 Å². The zero-order valence-electron chi connectivity index (χ0n) is 10.5. The Morgan fingerprint density at radius 1 is 1.32 bits per heavy atom. The van der Waals surface area contributed by atoms with Gasteiger partial charge in [-0.2, -0.15) is 0 Å². The van der Waals surface area contributed by atoms with E-state index in [2.05, 4.69) is 39.7 Å². The maximum atomic E-state index is 4.78. The minimum atomic E-state index is 0.462. The van der Waals surface area contributed by atoms with Crippen molar-refractivity contribution in [3.8, 4) is 0 Å². The highest BCUT2D eigenvalue weighted by Gasteiger charge is 2.20. The fraction of sp³-hybridized carbons (Fsp3) is 0.286. The molecule has 0 bridgehead atoms. The van der Waals surface area contributed by atoms with Gasteiger partial charge in [-0.15, -0.1) is 0 Å². The Morgan fingerprint density at radius 3 is 3.00 bits per heavy atom. The van der Waals surface area contributed by atoms with E-state index in [-0.39, 0.29) is 0 Å². The molecule has 2 aromatic rings. The molecule has 1 N–H and O–H groups in total. The second-order valence-corrected chi connectivity index (χ2v) is 5.46. The predicted octanol–water partition coefficient (Wildman–Crippen LogP) is 2.48. The number of hydrogen-bond acceptors (Lipinski definition) is 4. The smallest absolute Gasteiger partial charge is 0.157 e. The van der Waals surface area contributed by atoms with Crippen LogP contribution in [0.4, 0.5) is 0 Å². The Hall–Kier alpha value is -1.75. The molecule has 1 aromatic carbocycles. The summed E-state index contributed by atoms with van der Waals surface area (Å²) in [6.45, 7) is 0.573. The number of thioether (sulfide) groups is 1. The van der Waals surface area contributed by atoms with E-state index in [4.69, 9.17) is 4.52 Å². The molecule has 1 atom stereocenters. The summed E-state index contributed by atoms with van der Waals surface area (Å²) in [7, 11) is 0. The summed E-state index contributed by atoms with van der Waals surface area (Å²) in [5.41, 5.74) is 2.22. The average Bonchev–Trinajstić information content (AvgIpc) is 3.09. The first-order chi connectivity index (χ1) is 9.40. The Kier molecular flexibility index (Phi) is 3.83. The van der Waals surface area contributed by atoms with Gasteiger partial charge in [0.1, 0.15) is 12.0 Å². The van der Waals surface area contributed by atoms with Gasteiger partial charge in [-0.05, 0) is 12.0 Å². The van der Waals surface area contributed by atoms with Gasteiger partial charge in [0, 0.05) is 17.9 Å². The highest BCUT2D eigenvalue weighted by molar-refractivity contribution is 8.14. The molecule has 2 heterocycles. The summed E-state index contributed by atoms with van der Waals surface area (Å²) in [4.78, 5) is 4.50. The highest BCUT2D eigenvalue weighted by atomic mass is 32.2. The molecule has 1 saturated heterocycles. The fourth-order valence-electron chi connectivity index (χ4n) is 2.01. The van der Waals surface area contributed by atoms with E-state index in [1.807, 2.05) is 12.1 Å². The number of hydrogen-bond donors (Lipinski definition) is 1. The third-order valence-corrected chi connectivity index (χ3v) is 4.04. The standard InChI is InChI=1S/C14H15N3OS/c1-2-4-11(5-3-1)8-13-10-19-14(16-13)15-9-12-6-7-18-17-12/h1-7,13H,8-10H2,(H,15,16). The zero-order chi connectivity index (χ0) is 12.9. The Bertz CT molecular complexity index is 539. The lowest BCUT2D eigenvalue weighted by Crippen LogP contribution is -2.29. The first kappa shape index (κ1) is 12.3. The second kappa shape index (κ2) is 5.93. The van der Waals surface area contributed by atoms with Gasteiger partial charge < -0.3 is 9.84 Å². The molecule has 0 aliphatic carbocycles. The van der Waals surface area contributed by atoms with Gasteiger partial charge in [-0.1, -0.05) is 47.3 Å². The maximum absolute atomic E-state index is 4.78. The molecule has 0 amide bonds. The van der Waals surface area contributed by atoms with Crippen LogP contribution in [0.15, 0.2) is 52.2 Å². The van der Waals surface area contributed by atoms with E-state index in [9.17, 15) is 0 Å². The monoisotopic (exact) mass is 273 g/mol. The lowest BCUT2D eigenvalue weighted by molar-refractivity contribution is 0.412. The molecule has 4 nitrogen and oxygen atoms in total. The fourth-order valence-corrected chi connectivity index (χ4v) is 2.98. The molecule has 1 aromatic heterocycles. The molecule has 5 heteroatoms. The SMILES string of the molecule is c1ccc(CC2CSC(=NCc3ccon3)N2)cc1. The number of nitrogens with one attached hydrogen (secondary N) is 1. The second-order valence-electron chi connectivity index (χ2n) is 4.45. The number of aliphatic imine (C=N–C) groups is 1. The molecule has 0 saturated carbocycles. The van der Waals surface area contributed by atoms with Crippen molar-refractivity contribution in [3.63, 3.8) is 0 Å². The lowest BCUT2D eigenvalue weighted by atomic mass is 10.1. The van der Waals surface area contributed by atoms with E-state index in [1.54, 1.807) is 18.0 Å². The van der Waals surface area contributed by atoms with E-state index in [0.717, 1.165) is 23.0 Å². The normalized spacial score (nSPS) is 20.6. The third-order valence-electron chi connectivity index (χ3n) is 2.95. The molecular weight excluding hydrogens is 258 g/mol. The topological polar surface area (TPSA) is 50.4 Å². The van der Waals surface area contributed by atoms with Crippen LogP contribution in [0.3, 0.4) is 0 Å². The van der Waals surface area contributed by atoms with Crippen LogP contribution in [-0.4, -0.2) is 22.1 Å². The van der Waals surface area contributed by atoms with Crippen molar-refractivity contribution in [3.05, 3.63) is 53.9 Å². The van der Waals surface area contributed by atoms with Crippen LogP contribution in [0.1, 0.15) is 11.3 Å². The minimum absolute atomic E-state index is 0.462. The van der Waals surface area contributed by atoms with E-state index in [0.29, 0.717) is 12.6 Å². The van der Waals surface area contributed by atoms with Gasteiger partial charge in [0.15, 0.2) is 5.17 Å². The Morgan fingerprint density at radius 2 is 2.21 bits per heavy atom. The van der Waals surface area contributed by atoms with E-state index < -0.39 is 0 Å². The number of amidine groups is 1. The number of benzene rings is 1. The number of aromatic nitrogens is 1. The minimum Gasteiger partial charge on any atom is -0.364 e. The largest absolute Gasteiger partial charge is 0.364 e.